The summed E-state index contributed by atoms with van der Waals surface area (Å²) in [5.74, 6) is 0.864. The average molecular weight is 261 g/mol. The van der Waals surface area contributed by atoms with Crippen molar-refractivity contribution in [2.45, 2.75) is 26.9 Å². The lowest BCUT2D eigenvalue weighted by Crippen LogP contribution is -1.99. The van der Waals surface area contributed by atoms with E-state index in [4.69, 9.17) is 16.3 Å². The third kappa shape index (κ3) is 3.05. The molecule has 0 aliphatic heterocycles. The number of hydrogen-bond acceptors (Lipinski definition) is 1. The van der Waals surface area contributed by atoms with Crippen LogP contribution in [0.1, 0.15) is 23.6 Å². The standard InChI is InChI=1S/C16H17ClO/c1-3-13-6-4-5-7-14(13)11-18-15-8-9-16(17)12(2)10-15/h4-10H,3,11H2,1-2H3. The van der Waals surface area contributed by atoms with Gasteiger partial charge < -0.3 is 4.74 Å². The van der Waals surface area contributed by atoms with Gasteiger partial charge in [0, 0.05) is 5.02 Å². The maximum atomic E-state index is 5.99. The van der Waals surface area contributed by atoms with Crippen molar-refractivity contribution in [2.24, 2.45) is 0 Å². The van der Waals surface area contributed by atoms with Crippen molar-refractivity contribution in [3.63, 3.8) is 0 Å². The Morgan fingerprint density at radius 2 is 1.78 bits per heavy atom. The van der Waals surface area contributed by atoms with Crippen molar-refractivity contribution in [2.75, 3.05) is 0 Å². The first kappa shape index (κ1) is 13.0. The van der Waals surface area contributed by atoms with Crippen molar-refractivity contribution in [1.82, 2.24) is 0 Å². The Kier molecular flexibility index (Phi) is 4.27. The lowest BCUT2D eigenvalue weighted by Gasteiger charge is -2.10. The summed E-state index contributed by atoms with van der Waals surface area (Å²) in [6.45, 7) is 4.74. The number of benzene rings is 2. The molecule has 1 nitrogen and oxygen atoms in total. The van der Waals surface area contributed by atoms with Gasteiger partial charge in [0.1, 0.15) is 12.4 Å². The Labute approximate surface area is 113 Å². The molecule has 0 radical (unpaired) electrons. The fourth-order valence-electron chi connectivity index (χ4n) is 1.91. The van der Waals surface area contributed by atoms with Crippen molar-refractivity contribution in [3.8, 4) is 5.75 Å². The minimum absolute atomic E-state index is 0.602. The van der Waals surface area contributed by atoms with E-state index in [0.29, 0.717) is 6.61 Å². The molecule has 0 N–H and O–H groups in total. The lowest BCUT2D eigenvalue weighted by atomic mass is 10.1. The van der Waals surface area contributed by atoms with Crippen LogP contribution in [0, 0.1) is 6.92 Å². The van der Waals surface area contributed by atoms with E-state index >= 15 is 0 Å². The van der Waals surface area contributed by atoms with Crippen molar-refractivity contribution in [3.05, 3.63) is 64.2 Å². The quantitative estimate of drug-likeness (QED) is 0.768. The van der Waals surface area contributed by atoms with E-state index < -0.39 is 0 Å². The molecule has 2 aromatic carbocycles. The fraction of sp³-hybridized carbons (Fsp3) is 0.250. The Bertz CT molecular complexity index is 534. The third-order valence-corrected chi connectivity index (χ3v) is 3.45. The Morgan fingerprint density at radius 3 is 2.44 bits per heavy atom. The molecule has 0 unspecified atom stereocenters. The van der Waals surface area contributed by atoms with Gasteiger partial charge in [0.2, 0.25) is 0 Å². The van der Waals surface area contributed by atoms with Crippen LogP contribution in [0.3, 0.4) is 0 Å². The Balaban J connectivity index is 2.09. The van der Waals surface area contributed by atoms with Gasteiger partial charge in [-0.1, -0.05) is 42.8 Å². The average Bonchev–Trinajstić information content (AvgIpc) is 2.40. The fourth-order valence-corrected chi connectivity index (χ4v) is 2.03. The number of aryl methyl sites for hydroxylation is 2. The molecule has 0 aromatic heterocycles. The Hall–Kier alpha value is -1.47. The summed E-state index contributed by atoms with van der Waals surface area (Å²) in [6.07, 6.45) is 1.03. The molecule has 0 saturated heterocycles. The molecular formula is C16H17ClO. The van der Waals surface area contributed by atoms with Gasteiger partial charge in [-0.25, -0.2) is 0 Å². The van der Waals surface area contributed by atoms with E-state index in [1.165, 1.54) is 11.1 Å². The first-order valence-corrected chi connectivity index (χ1v) is 6.54. The maximum Gasteiger partial charge on any atom is 0.120 e. The summed E-state index contributed by atoms with van der Waals surface area (Å²) < 4.78 is 5.81. The van der Waals surface area contributed by atoms with Gasteiger partial charge in [-0.2, -0.15) is 0 Å². The minimum Gasteiger partial charge on any atom is -0.489 e. The predicted molar refractivity (Wildman–Crippen MR) is 76.3 cm³/mol. The van der Waals surface area contributed by atoms with E-state index in [-0.39, 0.29) is 0 Å². The van der Waals surface area contributed by atoms with Crippen LogP contribution in [0.2, 0.25) is 5.02 Å². The summed E-state index contributed by atoms with van der Waals surface area (Å²) in [6, 6.07) is 14.1. The van der Waals surface area contributed by atoms with E-state index in [9.17, 15) is 0 Å². The molecule has 0 saturated carbocycles. The second kappa shape index (κ2) is 5.92. The molecule has 18 heavy (non-hydrogen) atoms. The van der Waals surface area contributed by atoms with E-state index in [0.717, 1.165) is 22.8 Å². The number of halogens is 1. The van der Waals surface area contributed by atoms with Crippen molar-refractivity contribution in [1.29, 1.82) is 0 Å². The molecule has 0 aliphatic carbocycles. The third-order valence-electron chi connectivity index (χ3n) is 3.02. The highest BCUT2D eigenvalue weighted by Gasteiger charge is 2.02. The van der Waals surface area contributed by atoms with E-state index in [1.54, 1.807) is 0 Å². The van der Waals surface area contributed by atoms with Gasteiger partial charge in [-0.15, -0.1) is 0 Å². The van der Waals surface area contributed by atoms with Crippen LogP contribution >= 0.6 is 11.6 Å². The molecule has 0 amide bonds. The predicted octanol–water partition coefficient (Wildman–Crippen LogP) is 4.79. The SMILES string of the molecule is CCc1ccccc1COc1ccc(Cl)c(C)c1. The second-order valence-electron chi connectivity index (χ2n) is 4.32. The highest BCUT2D eigenvalue weighted by molar-refractivity contribution is 6.31. The zero-order chi connectivity index (χ0) is 13.0. The minimum atomic E-state index is 0.602. The largest absolute Gasteiger partial charge is 0.489 e. The summed E-state index contributed by atoms with van der Waals surface area (Å²) >= 11 is 5.99. The van der Waals surface area contributed by atoms with Gasteiger partial charge in [0.15, 0.2) is 0 Å². The van der Waals surface area contributed by atoms with Crippen molar-refractivity contribution < 1.29 is 4.74 Å². The van der Waals surface area contributed by atoms with Gasteiger partial charge in [-0.05, 0) is 48.2 Å². The van der Waals surface area contributed by atoms with Crippen LogP contribution in [0.5, 0.6) is 5.75 Å². The molecule has 0 atom stereocenters. The first-order chi connectivity index (χ1) is 8.70. The number of hydrogen-bond donors (Lipinski definition) is 0. The summed E-state index contributed by atoms with van der Waals surface area (Å²) in [5.41, 5.74) is 3.62. The molecule has 2 aromatic rings. The zero-order valence-electron chi connectivity index (χ0n) is 10.7. The Morgan fingerprint density at radius 1 is 1.06 bits per heavy atom. The molecule has 94 valence electrons. The first-order valence-electron chi connectivity index (χ1n) is 6.16. The lowest BCUT2D eigenvalue weighted by molar-refractivity contribution is 0.305. The van der Waals surface area contributed by atoms with Gasteiger partial charge >= 0.3 is 0 Å². The molecule has 0 heterocycles. The van der Waals surface area contributed by atoms with E-state index in [1.807, 2.05) is 31.2 Å². The summed E-state index contributed by atoms with van der Waals surface area (Å²) in [5, 5.41) is 0.774. The normalized spacial score (nSPS) is 10.4. The van der Waals surface area contributed by atoms with Gasteiger partial charge in [0.05, 0.1) is 0 Å². The molecule has 0 bridgehead atoms. The second-order valence-corrected chi connectivity index (χ2v) is 4.73. The van der Waals surface area contributed by atoms with Crippen molar-refractivity contribution >= 4 is 11.6 Å². The number of rotatable bonds is 4. The van der Waals surface area contributed by atoms with E-state index in [2.05, 4.69) is 25.1 Å². The molecule has 0 spiro atoms. The van der Waals surface area contributed by atoms with Crippen LogP contribution in [0.4, 0.5) is 0 Å². The summed E-state index contributed by atoms with van der Waals surface area (Å²) in [4.78, 5) is 0. The zero-order valence-corrected chi connectivity index (χ0v) is 11.5. The van der Waals surface area contributed by atoms with Gasteiger partial charge in [-0.3, -0.25) is 0 Å². The molecular weight excluding hydrogens is 244 g/mol. The summed E-state index contributed by atoms with van der Waals surface area (Å²) in [7, 11) is 0. The van der Waals surface area contributed by atoms with Crippen LogP contribution in [-0.2, 0) is 13.0 Å². The number of ether oxygens (including phenoxy) is 1. The van der Waals surface area contributed by atoms with Crippen LogP contribution < -0.4 is 4.74 Å². The van der Waals surface area contributed by atoms with Crippen LogP contribution in [0.15, 0.2) is 42.5 Å². The monoisotopic (exact) mass is 260 g/mol. The van der Waals surface area contributed by atoms with Crippen LogP contribution in [0.25, 0.3) is 0 Å². The molecule has 0 aliphatic rings. The van der Waals surface area contributed by atoms with Gasteiger partial charge in [0.25, 0.3) is 0 Å². The van der Waals surface area contributed by atoms with Crippen LogP contribution in [-0.4, -0.2) is 0 Å². The molecule has 2 rings (SSSR count). The topological polar surface area (TPSA) is 9.23 Å². The smallest absolute Gasteiger partial charge is 0.120 e. The molecule has 2 heteroatoms. The molecule has 0 fully saturated rings. The highest BCUT2D eigenvalue weighted by atomic mass is 35.5. The highest BCUT2D eigenvalue weighted by Crippen LogP contribution is 2.22. The maximum absolute atomic E-state index is 5.99.